The highest BCUT2D eigenvalue weighted by atomic mass is 19.3. The molecule has 0 atom stereocenters. The van der Waals surface area contributed by atoms with E-state index in [1.165, 1.54) is 37.4 Å². The number of nitrogens with one attached hydrogen (secondary N) is 3. The Labute approximate surface area is 158 Å². The molecule has 0 unspecified atom stereocenters. The van der Waals surface area contributed by atoms with E-state index in [0.717, 1.165) is 0 Å². The molecule has 0 aliphatic carbocycles. The zero-order valence-corrected chi connectivity index (χ0v) is 14.7. The number of carbonyl (C=O) groups is 3. The molecule has 0 aliphatic rings. The van der Waals surface area contributed by atoms with Crippen molar-refractivity contribution in [3.05, 3.63) is 54.1 Å². The van der Waals surface area contributed by atoms with Gasteiger partial charge in [0.1, 0.15) is 5.75 Å². The molecular weight excluding hydrogens is 376 g/mol. The highest BCUT2D eigenvalue weighted by Gasteiger charge is 2.15. The lowest BCUT2D eigenvalue weighted by atomic mass is 10.1. The minimum absolute atomic E-state index is 0.00428. The van der Waals surface area contributed by atoms with Gasteiger partial charge in [0.05, 0.1) is 11.3 Å². The number of amides is 3. The van der Waals surface area contributed by atoms with Gasteiger partial charge in [0.15, 0.2) is 6.61 Å². The summed E-state index contributed by atoms with van der Waals surface area (Å²) in [4.78, 5) is 34.8. The van der Waals surface area contributed by atoms with Crippen molar-refractivity contribution in [3.8, 4) is 5.75 Å². The predicted octanol–water partition coefficient (Wildman–Crippen LogP) is 2.64. The predicted molar refractivity (Wildman–Crippen MR) is 95.7 cm³/mol. The maximum Gasteiger partial charge on any atom is 0.387 e. The molecule has 0 aliphatic heterocycles. The Hall–Kier alpha value is -3.69. The summed E-state index contributed by atoms with van der Waals surface area (Å²) in [5, 5.41) is 7.11. The fourth-order valence-corrected chi connectivity index (χ4v) is 2.08. The minimum atomic E-state index is -2.92. The van der Waals surface area contributed by atoms with Gasteiger partial charge in [0.25, 0.3) is 5.91 Å². The molecule has 28 heavy (non-hydrogen) atoms. The second kappa shape index (κ2) is 9.86. The van der Waals surface area contributed by atoms with Crippen molar-refractivity contribution < 1.29 is 32.6 Å². The van der Waals surface area contributed by atoms with Crippen LogP contribution in [-0.4, -0.2) is 38.2 Å². The molecule has 2 aromatic carbocycles. The summed E-state index contributed by atoms with van der Waals surface area (Å²) in [6.45, 7) is -3.56. The molecule has 0 spiro atoms. The van der Waals surface area contributed by atoms with E-state index in [4.69, 9.17) is 4.74 Å². The number of anilines is 2. The zero-order valence-electron chi connectivity index (χ0n) is 14.7. The summed E-state index contributed by atoms with van der Waals surface area (Å²) < 4.78 is 33.6. The molecule has 3 amide bonds. The van der Waals surface area contributed by atoms with Crippen molar-refractivity contribution in [1.29, 1.82) is 0 Å². The van der Waals surface area contributed by atoms with Crippen LogP contribution in [0.3, 0.4) is 0 Å². The van der Waals surface area contributed by atoms with Crippen molar-refractivity contribution in [3.63, 3.8) is 0 Å². The van der Waals surface area contributed by atoms with Gasteiger partial charge in [-0.25, -0.2) is 9.59 Å². The number of halogens is 2. The van der Waals surface area contributed by atoms with Gasteiger partial charge in [-0.15, -0.1) is 0 Å². The lowest BCUT2D eigenvalue weighted by molar-refractivity contribution is -0.123. The van der Waals surface area contributed by atoms with Crippen LogP contribution in [0.4, 0.5) is 25.0 Å². The maximum absolute atomic E-state index is 12.2. The molecule has 0 aromatic heterocycles. The highest BCUT2D eigenvalue weighted by Crippen LogP contribution is 2.24. The number of imide groups is 1. The Morgan fingerprint density at radius 2 is 1.71 bits per heavy atom. The third-order valence-corrected chi connectivity index (χ3v) is 3.32. The fraction of sp³-hybridized carbons (Fsp3) is 0.167. The second-order valence-corrected chi connectivity index (χ2v) is 5.28. The third-order valence-electron chi connectivity index (χ3n) is 3.32. The first-order valence-corrected chi connectivity index (χ1v) is 7.98. The van der Waals surface area contributed by atoms with E-state index in [1.54, 1.807) is 18.2 Å². The van der Waals surface area contributed by atoms with Gasteiger partial charge in [-0.3, -0.25) is 10.1 Å². The molecular formula is C18H17F2N3O5. The number of rotatable bonds is 7. The SMILES string of the molecule is CNC(=O)NC(=O)COC(=O)c1ccccc1Nc1ccc(OC(F)F)cc1. The van der Waals surface area contributed by atoms with Crippen molar-refractivity contribution >= 4 is 29.3 Å². The van der Waals surface area contributed by atoms with Crippen molar-refractivity contribution in [2.75, 3.05) is 19.0 Å². The second-order valence-electron chi connectivity index (χ2n) is 5.28. The van der Waals surface area contributed by atoms with E-state index < -0.39 is 31.1 Å². The minimum Gasteiger partial charge on any atom is -0.452 e. The van der Waals surface area contributed by atoms with E-state index >= 15 is 0 Å². The Kier molecular flexibility index (Phi) is 7.26. The van der Waals surface area contributed by atoms with Crippen LogP contribution in [0.1, 0.15) is 10.4 Å². The van der Waals surface area contributed by atoms with Crippen LogP contribution >= 0.6 is 0 Å². The first-order valence-electron chi connectivity index (χ1n) is 7.98. The smallest absolute Gasteiger partial charge is 0.387 e. The summed E-state index contributed by atoms with van der Waals surface area (Å²) in [5.41, 5.74) is 1.03. The monoisotopic (exact) mass is 393 g/mol. The van der Waals surface area contributed by atoms with Gasteiger partial charge in [-0.05, 0) is 36.4 Å². The number of alkyl halides is 2. The van der Waals surface area contributed by atoms with Crippen LogP contribution in [-0.2, 0) is 9.53 Å². The summed E-state index contributed by atoms with van der Waals surface area (Å²) in [6.07, 6.45) is 0. The van der Waals surface area contributed by atoms with Crippen LogP contribution in [0.5, 0.6) is 5.75 Å². The average molecular weight is 393 g/mol. The zero-order chi connectivity index (χ0) is 20.5. The molecule has 10 heteroatoms. The Morgan fingerprint density at radius 3 is 2.36 bits per heavy atom. The van der Waals surface area contributed by atoms with Crippen LogP contribution in [0, 0.1) is 0 Å². The topological polar surface area (TPSA) is 106 Å². The number of urea groups is 1. The lowest BCUT2D eigenvalue weighted by Gasteiger charge is -2.12. The van der Waals surface area contributed by atoms with E-state index in [2.05, 4.69) is 15.4 Å². The van der Waals surface area contributed by atoms with Crippen molar-refractivity contribution in [2.45, 2.75) is 6.61 Å². The Morgan fingerprint density at radius 1 is 1.04 bits per heavy atom. The van der Waals surface area contributed by atoms with E-state index in [0.29, 0.717) is 11.4 Å². The third kappa shape index (κ3) is 6.24. The van der Waals surface area contributed by atoms with Gasteiger partial charge < -0.3 is 20.1 Å². The number of carbonyl (C=O) groups excluding carboxylic acids is 3. The van der Waals surface area contributed by atoms with Crippen LogP contribution in [0.15, 0.2) is 48.5 Å². The quantitative estimate of drug-likeness (QED) is 0.625. The molecule has 148 valence electrons. The number of para-hydroxylation sites is 1. The van der Waals surface area contributed by atoms with Gasteiger partial charge >= 0.3 is 18.6 Å². The molecule has 0 bridgehead atoms. The van der Waals surface area contributed by atoms with Crippen molar-refractivity contribution in [2.24, 2.45) is 0 Å². The van der Waals surface area contributed by atoms with Crippen LogP contribution < -0.4 is 20.7 Å². The Bertz CT molecular complexity index is 843. The number of hydrogen-bond acceptors (Lipinski definition) is 6. The number of hydrogen-bond donors (Lipinski definition) is 3. The Balaban J connectivity index is 2.02. The highest BCUT2D eigenvalue weighted by molar-refractivity contribution is 5.99. The maximum atomic E-state index is 12.2. The van der Waals surface area contributed by atoms with E-state index in [1.807, 2.05) is 5.32 Å². The largest absolute Gasteiger partial charge is 0.452 e. The number of ether oxygens (including phenoxy) is 2. The lowest BCUT2D eigenvalue weighted by Crippen LogP contribution is -2.39. The van der Waals surface area contributed by atoms with Crippen LogP contribution in [0.2, 0.25) is 0 Å². The molecule has 2 aromatic rings. The molecule has 0 fully saturated rings. The molecule has 0 saturated heterocycles. The van der Waals surface area contributed by atoms with Crippen molar-refractivity contribution in [1.82, 2.24) is 10.6 Å². The summed E-state index contributed by atoms with van der Waals surface area (Å²) in [7, 11) is 1.34. The van der Waals surface area contributed by atoms with Gasteiger partial charge in [0, 0.05) is 12.7 Å². The first-order chi connectivity index (χ1) is 13.4. The van der Waals surface area contributed by atoms with Gasteiger partial charge in [-0.2, -0.15) is 8.78 Å². The standard InChI is InChI=1S/C18H17F2N3O5/c1-21-18(26)23-15(24)10-27-16(25)13-4-2-3-5-14(13)22-11-6-8-12(9-7-11)28-17(19)20/h2-9,17,22H,10H2,1H3,(H2,21,23,24,26). The molecule has 0 saturated carbocycles. The molecule has 0 heterocycles. The average Bonchev–Trinajstić information content (AvgIpc) is 2.67. The molecule has 3 N–H and O–H groups in total. The molecule has 8 nitrogen and oxygen atoms in total. The van der Waals surface area contributed by atoms with E-state index in [9.17, 15) is 23.2 Å². The molecule has 2 rings (SSSR count). The number of esters is 1. The normalized spacial score (nSPS) is 10.1. The fourth-order valence-electron chi connectivity index (χ4n) is 2.08. The van der Waals surface area contributed by atoms with E-state index in [-0.39, 0.29) is 11.3 Å². The summed E-state index contributed by atoms with van der Waals surface area (Å²) in [6, 6.07) is 11.3. The van der Waals surface area contributed by atoms with Crippen LogP contribution in [0.25, 0.3) is 0 Å². The molecule has 0 radical (unpaired) electrons. The summed E-state index contributed by atoms with van der Waals surface area (Å²) in [5.74, 6) is -1.57. The van der Waals surface area contributed by atoms with Gasteiger partial charge in [0.2, 0.25) is 0 Å². The number of benzene rings is 2. The van der Waals surface area contributed by atoms with Gasteiger partial charge in [-0.1, -0.05) is 12.1 Å². The summed E-state index contributed by atoms with van der Waals surface area (Å²) >= 11 is 0. The first kappa shape index (κ1) is 20.6.